The van der Waals surface area contributed by atoms with Gasteiger partial charge in [0.05, 0.1) is 19.0 Å². The van der Waals surface area contributed by atoms with Crippen LogP contribution in [0.5, 0.6) is 5.75 Å². The summed E-state index contributed by atoms with van der Waals surface area (Å²) in [6.45, 7) is 2.24. The number of ether oxygens (including phenoxy) is 1. The molecule has 1 amide bonds. The van der Waals surface area contributed by atoms with Crippen LogP contribution in [0, 0.1) is 0 Å². The fourth-order valence-corrected chi connectivity index (χ4v) is 2.79. The van der Waals surface area contributed by atoms with Gasteiger partial charge in [-0.2, -0.15) is 0 Å². The summed E-state index contributed by atoms with van der Waals surface area (Å²) in [6.07, 6.45) is 2.49. The van der Waals surface area contributed by atoms with Crippen LogP contribution in [0.4, 0.5) is 11.4 Å². The summed E-state index contributed by atoms with van der Waals surface area (Å²) in [5, 5.41) is 6.06. The summed E-state index contributed by atoms with van der Waals surface area (Å²) in [4.78, 5) is 28.1. The first-order valence-electron chi connectivity index (χ1n) is 9.30. The zero-order valence-electron chi connectivity index (χ0n) is 16.4. The van der Waals surface area contributed by atoms with Crippen LogP contribution in [-0.2, 0) is 6.42 Å². The Morgan fingerprint density at radius 1 is 1.00 bits per heavy atom. The van der Waals surface area contributed by atoms with Crippen LogP contribution in [0.2, 0.25) is 0 Å². The topological polar surface area (TPSA) is 80.3 Å². The number of amides is 1. The summed E-state index contributed by atoms with van der Waals surface area (Å²) in [5.41, 5.74) is 3.46. The van der Waals surface area contributed by atoms with E-state index in [1.165, 1.54) is 12.5 Å². The SMILES string of the molecule is COc1ccc(CCNc2ccc(C(=O)Nc3cccc(C(C)=O)c3)nc2)cc1. The third-order valence-corrected chi connectivity index (χ3v) is 4.42. The molecule has 6 nitrogen and oxygen atoms in total. The summed E-state index contributed by atoms with van der Waals surface area (Å²) < 4.78 is 5.16. The highest BCUT2D eigenvalue weighted by atomic mass is 16.5. The van der Waals surface area contributed by atoms with Crippen molar-refractivity contribution in [2.24, 2.45) is 0 Å². The minimum absolute atomic E-state index is 0.0516. The van der Waals surface area contributed by atoms with Gasteiger partial charge in [0.15, 0.2) is 5.78 Å². The van der Waals surface area contributed by atoms with E-state index in [9.17, 15) is 9.59 Å². The molecule has 0 aliphatic carbocycles. The summed E-state index contributed by atoms with van der Waals surface area (Å²) in [5.74, 6) is 0.465. The van der Waals surface area contributed by atoms with Gasteiger partial charge in [-0.3, -0.25) is 9.59 Å². The zero-order chi connectivity index (χ0) is 20.6. The fraction of sp³-hybridized carbons (Fsp3) is 0.174. The van der Waals surface area contributed by atoms with Crippen LogP contribution in [0.3, 0.4) is 0 Å². The smallest absolute Gasteiger partial charge is 0.274 e. The van der Waals surface area contributed by atoms with Gasteiger partial charge in [0.2, 0.25) is 0 Å². The molecule has 2 aromatic carbocycles. The lowest BCUT2D eigenvalue weighted by molar-refractivity contribution is 0.100. The number of nitrogens with zero attached hydrogens (tertiary/aromatic N) is 1. The maximum absolute atomic E-state index is 12.4. The van der Waals surface area contributed by atoms with Crippen LogP contribution in [0.15, 0.2) is 66.9 Å². The van der Waals surface area contributed by atoms with Crippen molar-refractivity contribution in [2.75, 3.05) is 24.3 Å². The van der Waals surface area contributed by atoms with Crippen LogP contribution in [-0.4, -0.2) is 30.3 Å². The lowest BCUT2D eigenvalue weighted by Crippen LogP contribution is -2.14. The molecular formula is C23H23N3O3. The molecule has 3 rings (SSSR count). The third kappa shape index (κ3) is 5.65. The highest BCUT2D eigenvalue weighted by molar-refractivity contribution is 6.04. The Kier molecular flexibility index (Phi) is 6.58. The number of anilines is 2. The van der Waals surface area contributed by atoms with Gasteiger partial charge >= 0.3 is 0 Å². The molecule has 1 aromatic heterocycles. The van der Waals surface area contributed by atoms with Crippen LogP contribution < -0.4 is 15.4 Å². The normalized spacial score (nSPS) is 10.3. The van der Waals surface area contributed by atoms with E-state index in [-0.39, 0.29) is 11.7 Å². The molecule has 0 aliphatic heterocycles. The first-order chi connectivity index (χ1) is 14.0. The molecule has 2 N–H and O–H groups in total. The van der Waals surface area contributed by atoms with E-state index in [0.29, 0.717) is 16.9 Å². The Balaban J connectivity index is 1.53. The minimum Gasteiger partial charge on any atom is -0.497 e. The highest BCUT2D eigenvalue weighted by Gasteiger charge is 2.09. The average molecular weight is 389 g/mol. The number of hydrogen-bond donors (Lipinski definition) is 2. The van der Waals surface area contributed by atoms with Gasteiger partial charge in [0.25, 0.3) is 5.91 Å². The van der Waals surface area contributed by atoms with Crippen LogP contribution in [0.25, 0.3) is 0 Å². The first-order valence-corrected chi connectivity index (χ1v) is 9.30. The molecule has 0 saturated carbocycles. The molecule has 3 aromatic rings. The molecule has 1 heterocycles. The lowest BCUT2D eigenvalue weighted by atomic mass is 10.1. The highest BCUT2D eigenvalue weighted by Crippen LogP contribution is 2.14. The third-order valence-electron chi connectivity index (χ3n) is 4.42. The number of aromatic nitrogens is 1. The maximum Gasteiger partial charge on any atom is 0.274 e. The number of Topliss-reactive ketones (excluding diaryl/α,β-unsaturated/α-hetero) is 1. The standard InChI is InChI=1S/C23H23N3O3/c1-16(27)18-4-3-5-19(14-18)26-23(28)22-11-8-20(15-25-22)24-13-12-17-6-9-21(29-2)10-7-17/h3-11,14-15,24H,12-13H2,1-2H3,(H,26,28). The predicted octanol–water partition coefficient (Wildman–Crippen LogP) is 4.20. The van der Waals surface area contributed by atoms with E-state index >= 15 is 0 Å². The Hall–Kier alpha value is -3.67. The number of carbonyl (C=O) groups is 2. The van der Waals surface area contributed by atoms with Crippen molar-refractivity contribution in [3.63, 3.8) is 0 Å². The monoisotopic (exact) mass is 389 g/mol. The second-order valence-corrected chi connectivity index (χ2v) is 6.55. The molecule has 0 spiro atoms. The van der Waals surface area contributed by atoms with Crippen molar-refractivity contribution >= 4 is 23.1 Å². The summed E-state index contributed by atoms with van der Waals surface area (Å²) >= 11 is 0. The molecule has 0 aliphatic rings. The zero-order valence-corrected chi connectivity index (χ0v) is 16.4. The van der Waals surface area contributed by atoms with E-state index in [1.807, 2.05) is 30.3 Å². The number of nitrogens with one attached hydrogen (secondary N) is 2. The lowest BCUT2D eigenvalue weighted by Gasteiger charge is -2.09. The maximum atomic E-state index is 12.4. The quantitative estimate of drug-likeness (QED) is 0.565. The van der Waals surface area contributed by atoms with Crippen molar-refractivity contribution in [1.82, 2.24) is 4.98 Å². The van der Waals surface area contributed by atoms with Gasteiger partial charge in [-0.1, -0.05) is 24.3 Å². The molecule has 0 saturated heterocycles. The number of pyridine rings is 1. The molecule has 29 heavy (non-hydrogen) atoms. The van der Waals surface area contributed by atoms with Gasteiger partial charge in [0, 0.05) is 17.8 Å². The minimum atomic E-state index is -0.324. The van der Waals surface area contributed by atoms with Crippen molar-refractivity contribution in [3.8, 4) is 5.75 Å². The Morgan fingerprint density at radius 2 is 1.79 bits per heavy atom. The van der Waals surface area contributed by atoms with E-state index in [2.05, 4.69) is 15.6 Å². The molecule has 0 fully saturated rings. The predicted molar refractivity (Wildman–Crippen MR) is 114 cm³/mol. The van der Waals surface area contributed by atoms with Crippen LogP contribution >= 0.6 is 0 Å². The van der Waals surface area contributed by atoms with Crippen molar-refractivity contribution in [3.05, 3.63) is 83.7 Å². The van der Waals surface area contributed by atoms with Gasteiger partial charge < -0.3 is 15.4 Å². The van der Waals surface area contributed by atoms with E-state index < -0.39 is 0 Å². The first kappa shape index (κ1) is 20.1. The van der Waals surface area contributed by atoms with Crippen molar-refractivity contribution in [1.29, 1.82) is 0 Å². The number of benzene rings is 2. The number of hydrogen-bond acceptors (Lipinski definition) is 5. The van der Waals surface area contributed by atoms with Gasteiger partial charge in [0.1, 0.15) is 11.4 Å². The van der Waals surface area contributed by atoms with E-state index in [4.69, 9.17) is 4.74 Å². The van der Waals surface area contributed by atoms with Gasteiger partial charge in [-0.05, 0) is 55.3 Å². The average Bonchev–Trinajstić information content (AvgIpc) is 2.75. The molecule has 0 bridgehead atoms. The summed E-state index contributed by atoms with van der Waals surface area (Å²) in [6, 6.07) is 18.3. The Bertz CT molecular complexity index is 983. The molecular weight excluding hydrogens is 366 g/mol. The van der Waals surface area contributed by atoms with Crippen molar-refractivity contribution in [2.45, 2.75) is 13.3 Å². The Labute approximate surface area is 169 Å². The van der Waals surface area contributed by atoms with E-state index in [1.54, 1.807) is 43.6 Å². The van der Waals surface area contributed by atoms with Gasteiger partial charge in [-0.25, -0.2) is 4.98 Å². The number of carbonyl (C=O) groups excluding carboxylic acids is 2. The molecule has 0 unspecified atom stereocenters. The van der Waals surface area contributed by atoms with Gasteiger partial charge in [-0.15, -0.1) is 0 Å². The largest absolute Gasteiger partial charge is 0.497 e. The number of ketones is 1. The summed E-state index contributed by atoms with van der Waals surface area (Å²) in [7, 11) is 1.65. The molecule has 6 heteroatoms. The second-order valence-electron chi connectivity index (χ2n) is 6.55. The fourth-order valence-electron chi connectivity index (χ4n) is 2.79. The van der Waals surface area contributed by atoms with Crippen LogP contribution in [0.1, 0.15) is 33.3 Å². The molecule has 0 radical (unpaired) electrons. The number of rotatable bonds is 8. The van der Waals surface area contributed by atoms with E-state index in [0.717, 1.165) is 24.4 Å². The number of methoxy groups -OCH3 is 1. The second kappa shape index (κ2) is 9.50. The Morgan fingerprint density at radius 3 is 2.45 bits per heavy atom. The molecule has 148 valence electrons. The van der Waals surface area contributed by atoms with Crippen molar-refractivity contribution < 1.29 is 14.3 Å². The molecule has 0 atom stereocenters.